The average molecular weight is 144 g/mol. The number of hydrogen-bond acceptors (Lipinski definition) is 4. The molecule has 10 heavy (non-hydrogen) atoms. The van der Waals surface area contributed by atoms with Gasteiger partial charge in [0, 0.05) is 6.92 Å². The van der Waals surface area contributed by atoms with Gasteiger partial charge in [-0.15, -0.1) is 0 Å². The SMILES string of the molecule is CCOC(=O)C(=O)C(C)=O. The van der Waals surface area contributed by atoms with Crippen molar-refractivity contribution < 1.29 is 19.1 Å². The third-order valence-electron chi connectivity index (χ3n) is 0.781. The maximum atomic E-state index is 10.4. The van der Waals surface area contributed by atoms with Crippen LogP contribution < -0.4 is 0 Å². The molecule has 0 aliphatic heterocycles. The molecule has 0 atom stereocenters. The summed E-state index contributed by atoms with van der Waals surface area (Å²) < 4.78 is 4.26. The van der Waals surface area contributed by atoms with Crippen LogP contribution in [-0.2, 0) is 19.1 Å². The molecular weight excluding hydrogens is 136 g/mol. The van der Waals surface area contributed by atoms with Gasteiger partial charge in [0.1, 0.15) is 0 Å². The van der Waals surface area contributed by atoms with E-state index in [-0.39, 0.29) is 6.61 Å². The lowest BCUT2D eigenvalue weighted by molar-refractivity contribution is -0.156. The molecule has 0 aliphatic rings. The zero-order valence-electron chi connectivity index (χ0n) is 5.84. The molecule has 0 amide bonds. The minimum Gasteiger partial charge on any atom is -0.460 e. The molecule has 0 unspecified atom stereocenters. The van der Waals surface area contributed by atoms with Crippen molar-refractivity contribution in [3.05, 3.63) is 0 Å². The Balaban J connectivity index is 3.96. The van der Waals surface area contributed by atoms with Gasteiger partial charge in [-0.05, 0) is 6.92 Å². The fraction of sp³-hybridized carbons (Fsp3) is 0.500. The Kier molecular flexibility index (Phi) is 3.32. The molecular formula is C6H8O4. The van der Waals surface area contributed by atoms with Crippen LogP contribution in [0.15, 0.2) is 0 Å². The van der Waals surface area contributed by atoms with Gasteiger partial charge in [-0.2, -0.15) is 0 Å². The van der Waals surface area contributed by atoms with E-state index < -0.39 is 17.5 Å². The zero-order chi connectivity index (χ0) is 8.15. The van der Waals surface area contributed by atoms with Gasteiger partial charge >= 0.3 is 11.8 Å². The van der Waals surface area contributed by atoms with Gasteiger partial charge in [-0.1, -0.05) is 0 Å². The molecule has 0 aromatic carbocycles. The van der Waals surface area contributed by atoms with Gasteiger partial charge in [0.05, 0.1) is 6.61 Å². The first-order chi connectivity index (χ1) is 4.59. The fourth-order valence-corrected chi connectivity index (χ4v) is 0.340. The summed E-state index contributed by atoms with van der Waals surface area (Å²) in [6.45, 7) is 2.70. The fourth-order valence-electron chi connectivity index (χ4n) is 0.340. The van der Waals surface area contributed by atoms with Gasteiger partial charge in [0.15, 0.2) is 0 Å². The number of carbonyl (C=O) groups excluding carboxylic acids is 3. The standard InChI is InChI=1S/C6H8O4/c1-3-10-6(9)5(8)4(2)7/h3H2,1-2H3. The Morgan fingerprint density at radius 1 is 1.30 bits per heavy atom. The predicted octanol–water partition coefficient (Wildman–Crippen LogP) is -0.292. The summed E-state index contributed by atoms with van der Waals surface area (Å²) in [7, 11) is 0. The molecule has 0 aromatic heterocycles. The van der Waals surface area contributed by atoms with E-state index in [0.29, 0.717) is 0 Å². The first kappa shape index (κ1) is 8.81. The molecule has 0 radical (unpaired) electrons. The second-order valence-electron chi connectivity index (χ2n) is 1.61. The molecule has 4 nitrogen and oxygen atoms in total. The van der Waals surface area contributed by atoms with Crippen molar-refractivity contribution in [3.8, 4) is 0 Å². The van der Waals surface area contributed by atoms with Gasteiger partial charge in [-0.3, -0.25) is 9.59 Å². The highest BCUT2D eigenvalue weighted by Gasteiger charge is 2.18. The Morgan fingerprint density at radius 2 is 1.80 bits per heavy atom. The van der Waals surface area contributed by atoms with Crippen molar-refractivity contribution in [1.82, 2.24) is 0 Å². The van der Waals surface area contributed by atoms with E-state index in [1.54, 1.807) is 6.92 Å². The van der Waals surface area contributed by atoms with Crippen molar-refractivity contribution >= 4 is 17.5 Å². The van der Waals surface area contributed by atoms with Crippen LogP contribution in [-0.4, -0.2) is 24.1 Å². The highest BCUT2D eigenvalue weighted by atomic mass is 16.5. The maximum absolute atomic E-state index is 10.4. The summed E-state index contributed by atoms with van der Waals surface area (Å²) in [5.74, 6) is -2.96. The number of rotatable bonds is 3. The summed E-state index contributed by atoms with van der Waals surface area (Å²) in [5, 5.41) is 0. The smallest absolute Gasteiger partial charge is 0.382 e. The van der Waals surface area contributed by atoms with Crippen LogP contribution in [0.5, 0.6) is 0 Å². The average Bonchev–Trinajstić information content (AvgIpc) is 1.87. The topological polar surface area (TPSA) is 60.4 Å². The van der Waals surface area contributed by atoms with Crippen molar-refractivity contribution in [2.24, 2.45) is 0 Å². The predicted molar refractivity (Wildman–Crippen MR) is 32.3 cm³/mol. The lowest BCUT2D eigenvalue weighted by Gasteiger charge is -1.95. The molecule has 0 aromatic rings. The lowest BCUT2D eigenvalue weighted by atomic mass is 10.3. The minimum atomic E-state index is -1.10. The molecule has 4 heteroatoms. The Hall–Kier alpha value is -1.19. The molecule has 0 fully saturated rings. The molecule has 0 bridgehead atoms. The van der Waals surface area contributed by atoms with E-state index in [9.17, 15) is 14.4 Å². The molecule has 0 saturated heterocycles. The number of hydrogen-bond donors (Lipinski definition) is 0. The van der Waals surface area contributed by atoms with Gasteiger partial charge in [-0.25, -0.2) is 4.79 Å². The van der Waals surface area contributed by atoms with Crippen LogP contribution in [0.1, 0.15) is 13.8 Å². The lowest BCUT2D eigenvalue weighted by Crippen LogP contribution is -2.23. The normalized spacial score (nSPS) is 8.60. The Bertz CT molecular complexity index is 171. The number of ether oxygens (including phenoxy) is 1. The molecule has 0 N–H and O–H groups in total. The van der Waals surface area contributed by atoms with E-state index in [4.69, 9.17) is 0 Å². The molecule has 0 aliphatic carbocycles. The van der Waals surface area contributed by atoms with E-state index in [0.717, 1.165) is 6.92 Å². The molecule has 0 saturated carbocycles. The van der Waals surface area contributed by atoms with Crippen LogP contribution in [0.2, 0.25) is 0 Å². The van der Waals surface area contributed by atoms with E-state index >= 15 is 0 Å². The Labute approximate surface area is 58.2 Å². The van der Waals surface area contributed by atoms with Crippen LogP contribution in [0.25, 0.3) is 0 Å². The van der Waals surface area contributed by atoms with Crippen LogP contribution in [0.3, 0.4) is 0 Å². The second-order valence-corrected chi connectivity index (χ2v) is 1.61. The molecule has 0 rings (SSSR count). The minimum absolute atomic E-state index is 0.109. The molecule has 0 heterocycles. The first-order valence-electron chi connectivity index (χ1n) is 2.81. The van der Waals surface area contributed by atoms with Crippen molar-refractivity contribution in [2.45, 2.75) is 13.8 Å². The maximum Gasteiger partial charge on any atom is 0.382 e. The largest absolute Gasteiger partial charge is 0.460 e. The van der Waals surface area contributed by atoms with Crippen LogP contribution in [0.4, 0.5) is 0 Å². The summed E-state index contributed by atoms with van der Waals surface area (Å²) in [4.78, 5) is 31.0. The van der Waals surface area contributed by atoms with Gasteiger partial charge in [0.25, 0.3) is 0 Å². The summed E-state index contributed by atoms with van der Waals surface area (Å²) in [6, 6.07) is 0. The zero-order valence-corrected chi connectivity index (χ0v) is 5.84. The third-order valence-corrected chi connectivity index (χ3v) is 0.781. The Morgan fingerprint density at radius 3 is 2.10 bits per heavy atom. The number of carbonyl (C=O) groups is 3. The van der Waals surface area contributed by atoms with Gasteiger partial charge < -0.3 is 4.74 Å². The van der Waals surface area contributed by atoms with Crippen molar-refractivity contribution in [2.75, 3.05) is 6.61 Å². The van der Waals surface area contributed by atoms with Crippen LogP contribution >= 0.6 is 0 Å². The van der Waals surface area contributed by atoms with Crippen LogP contribution in [0, 0.1) is 0 Å². The van der Waals surface area contributed by atoms with Gasteiger partial charge in [0.2, 0.25) is 5.78 Å². The molecule has 56 valence electrons. The van der Waals surface area contributed by atoms with Crippen molar-refractivity contribution in [3.63, 3.8) is 0 Å². The first-order valence-corrected chi connectivity index (χ1v) is 2.81. The number of esters is 1. The van der Waals surface area contributed by atoms with E-state index in [2.05, 4.69) is 4.74 Å². The number of Topliss-reactive ketones (excluding diaryl/α,β-unsaturated/α-hetero) is 2. The summed E-state index contributed by atoms with van der Waals surface area (Å²) in [6.07, 6.45) is 0. The van der Waals surface area contributed by atoms with E-state index in [1.165, 1.54) is 0 Å². The van der Waals surface area contributed by atoms with Crippen molar-refractivity contribution in [1.29, 1.82) is 0 Å². The molecule has 0 spiro atoms. The highest BCUT2D eigenvalue weighted by molar-refractivity contribution is 6.61. The van der Waals surface area contributed by atoms with E-state index in [1.807, 2.05) is 0 Å². The quantitative estimate of drug-likeness (QED) is 0.310. The summed E-state index contributed by atoms with van der Waals surface area (Å²) in [5.41, 5.74) is 0. The number of ketones is 2. The second kappa shape index (κ2) is 3.76. The highest BCUT2D eigenvalue weighted by Crippen LogP contribution is 1.81. The summed E-state index contributed by atoms with van der Waals surface area (Å²) >= 11 is 0. The monoisotopic (exact) mass is 144 g/mol. The third kappa shape index (κ3) is 2.39.